The third-order valence-corrected chi connectivity index (χ3v) is 11.0. The zero-order valence-electron chi connectivity index (χ0n) is 20.3. The van der Waals surface area contributed by atoms with Crippen LogP contribution in [0.25, 0.3) is 22.4 Å². The summed E-state index contributed by atoms with van der Waals surface area (Å²) < 4.78 is 19.3. The molecule has 0 radical (unpaired) electrons. The Labute approximate surface area is 186 Å². The fraction of sp³-hybridized carbons (Fsp3) is 0.500. The number of methoxy groups -OCH3 is 1. The summed E-state index contributed by atoms with van der Waals surface area (Å²) in [6, 6.07) is 8.00. The molecule has 0 saturated carbocycles. The van der Waals surface area contributed by atoms with Crippen molar-refractivity contribution in [3.8, 4) is 28.1 Å². The van der Waals surface area contributed by atoms with Crippen LogP contribution in [0.3, 0.4) is 0 Å². The predicted molar refractivity (Wildman–Crippen MR) is 127 cm³/mol. The van der Waals surface area contributed by atoms with Gasteiger partial charge in [0.1, 0.15) is 17.2 Å². The third kappa shape index (κ3) is 4.62. The van der Waals surface area contributed by atoms with Crippen LogP contribution < -0.4 is 4.74 Å². The minimum Gasteiger partial charge on any atom is -0.497 e. The molecule has 0 spiro atoms. The van der Waals surface area contributed by atoms with Crippen molar-refractivity contribution in [2.24, 2.45) is 7.05 Å². The molecule has 0 saturated heterocycles. The van der Waals surface area contributed by atoms with Crippen LogP contribution in [0.2, 0.25) is 18.1 Å². The molecule has 168 valence electrons. The molecule has 31 heavy (non-hydrogen) atoms. The molecule has 7 heteroatoms. The van der Waals surface area contributed by atoms with E-state index in [1.54, 1.807) is 7.11 Å². The Hall–Kier alpha value is -2.38. The van der Waals surface area contributed by atoms with Gasteiger partial charge in [-0.1, -0.05) is 25.9 Å². The van der Waals surface area contributed by atoms with Crippen molar-refractivity contribution < 1.29 is 13.7 Å². The van der Waals surface area contributed by atoms with Gasteiger partial charge in [-0.15, -0.1) is 0 Å². The highest BCUT2D eigenvalue weighted by Crippen LogP contribution is 2.40. The van der Waals surface area contributed by atoms with Gasteiger partial charge in [0.2, 0.25) is 0 Å². The highest BCUT2D eigenvalue weighted by atomic mass is 28.4. The van der Waals surface area contributed by atoms with Gasteiger partial charge in [-0.2, -0.15) is 5.10 Å². The zero-order valence-corrected chi connectivity index (χ0v) is 21.3. The Balaban J connectivity index is 2.04. The number of benzene rings is 1. The van der Waals surface area contributed by atoms with Gasteiger partial charge in [0.25, 0.3) is 0 Å². The molecule has 0 unspecified atom stereocenters. The monoisotopic (exact) mass is 441 g/mol. The van der Waals surface area contributed by atoms with Crippen molar-refractivity contribution in [3.05, 3.63) is 41.4 Å². The quantitative estimate of drug-likeness (QED) is 0.425. The topological polar surface area (TPSA) is 62.3 Å². The molecule has 0 aliphatic rings. The van der Waals surface area contributed by atoms with Gasteiger partial charge >= 0.3 is 0 Å². The van der Waals surface area contributed by atoms with Gasteiger partial charge in [0.05, 0.1) is 18.4 Å². The third-order valence-electron chi connectivity index (χ3n) is 6.42. The fourth-order valence-electron chi connectivity index (χ4n) is 3.52. The summed E-state index contributed by atoms with van der Waals surface area (Å²) in [6.07, 6.45) is 0.769. The predicted octanol–water partition coefficient (Wildman–Crippen LogP) is 5.93. The van der Waals surface area contributed by atoms with Crippen LogP contribution in [-0.2, 0) is 17.9 Å². The molecule has 0 atom stereocenters. The first kappa shape index (κ1) is 23.3. The van der Waals surface area contributed by atoms with Gasteiger partial charge in [-0.05, 0) is 56.2 Å². The first-order valence-corrected chi connectivity index (χ1v) is 13.6. The average molecular weight is 442 g/mol. The van der Waals surface area contributed by atoms with E-state index in [-0.39, 0.29) is 5.04 Å². The lowest BCUT2D eigenvalue weighted by molar-refractivity contribution is 0.289. The second kappa shape index (κ2) is 8.63. The number of aromatic nitrogens is 3. The lowest BCUT2D eigenvalue weighted by atomic mass is 9.96. The van der Waals surface area contributed by atoms with E-state index in [4.69, 9.17) is 18.8 Å². The summed E-state index contributed by atoms with van der Waals surface area (Å²) >= 11 is 0. The van der Waals surface area contributed by atoms with E-state index in [1.807, 2.05) is 49.8 Å². The van der Waals surface area contributed by atoms with E-state index >= 15 is 0 Å². The van der Waals surface area contributed by atoms with Crippen molar-refractivity contribution in [2.75, 3.05) is 13.7 Å². The minimum atomic E-state index is -1.82. The van der Waals surface area contributed by atoms with Gasteiger partial charge in [-0.25, -0.2) is 0 Å². The second-order valence-electron chi connectivity index (χ2n) is 9.58. The second-order valence-corrected chi connectivity index (χ2v) is 14.4. The number of aryl methyl sites for hydroxylation is 3. The van der Waals surface area contributed by atoms with Crippen LogP contribution in [0.1, 0.15) is 37.9 Å². The highest BCUT2D eigenvalue weighted by Gasteiger charge is 2.37. The van der Waals surface area contributed by atoms with Crippen LogP contribution in [0, 0.1) is 13.8 Å². The number of rotatable bonds is 7. The summed E-state index contributed by atoms with van der Waals surface area (Å²) in [4.78, 5) is 0. The summed E-state index contributed by atoms with van der Waals surface area (Å²) in [6.45, 7) is 16.0. The van der Waals surface area contributed by atoms with Crippen molar-refractivity contribution in [2.45, 2.75) is 59.2 Å². The Kier molecular flexibility index (Phi) is 6.48. The molecular formula is C24H35N3O3Si. The molecule has 6 nitrogen and oxygen atoms in total. The maximum atomic E-state index is 6.47. The largest absolute Gasteiger partial charge is 0.497 e. The number of nitrogens with zero attached hydrogens (tertiary/aromatic N) is 3. The van der Waals surface area contributed by atoms with Crippen molar-refractivity contribution >= 4 is 8.32 Å². The lowest BCUT2D eigenvalue weighted by Gasteiger charge is -2.36. The van der Waals surface area contributed by atoms with E-state index < -0.39 is 8.32 Å². The zero-order chi connectivity index (χ0) is 23.0. The van der Waals surface area contributed by atoms with Crippen LogP contribution in [0.5, 0.6) is 5.75 Å². The van der Waals surface area contributed by atoms with Gasteiger partial charge in [-0.3, -0.25) is 4.68 Å². The van der Waals surface area contributed by atoms with E-state index in [1.165, 1.54) is 0 Å². The van der Waals surface area contributed by atoms with Crippen LogP contribution >= 0.6 is 0 Å². The Morgan fingerprint density at radius 1 is 1.06 bits per heavy atom. The SMILES string of the molecule is COc1ccc(-c2nn(C)c(CCO[Si](C)(C)C(C)(C)C)c2-c2c(C)noc2C)cc1. The molecule has 2 heterocycles. The number of hydrogen-bond acceptors (Lipinski definition) is 5. The summed E-state index contributed by atoms with van der Waals surface area (Å²) in [5.41, 5.74) is 6.03. The maximum absolute atomic E-state index is 6.47. The van der Waals surface area contributed by atoms with Crippen LogP contribution in [0.15, 0.2) is 28.8 Å². The average Bonchev–Trinajstić information content (AvgIpc) is 3.19. The Bertz CT molecular complexity index is 1020. The molecule has 3 aromatic rings. The highest BCUT2D eigenvalue weighted by molar-refractivity contribution is 6.74. The molecule has 1 aromatic carbocycles. The van der Waals surface area contributed by atoms with Crippen molar-refractivity contribution in [3.63, 3.8) is 0 Å². The molecule has 0 aliphatic heterocycles. The molecule has 0 fully saturated rings. The first-order chi connectivity index (χ1) is 14.5. The van der Waals surface area contributed by atoms with E-state index in [0.717, 1.165) is 51.7 Å². The summed E-state index contributed by atoms with van der Waals surface area (Å²) in [5, 5.41) is 9.28. The van der Waals surface area contributed by atoms with E-state index in [0.29, 0.717) is 6.61 Å². The Morgan fingerprint density at radius 3 is 2.23 bits per heavy atom. The fourth-order valence-corrected chi connectivity index (χ4v) is 4.56. The maximum Gasteiger partial charge on any atom is 0.191 e. The lowest BCUT2D eigenvalue weighted by Crippen LogP contribution is -2.41. The normalized spacial score (nSPS) is 12.4. The summed E-state index contributed by atoms with van der Waals surface area (Å²) in [7, 11) is 1.84. The Morgan fingerprint density at radius 2 is 1.71 bits per heavy atom. The van der Waals surface area contributed by atoms with Gasteiger partial charge in [0, 0.05) is 36.9 Å². The molecule has 2 aromatic heterocycles. The molecule has 3 rings (SSSR count). The van der Waals surface area contributed by atoms with Crippen LogP contribution in [0.4, 0.5) is 0 Å². The van der Waals surface area contributed by atoms with Crippen LogP contribution in [-0.4, -0.2) is 37.0 Å². The van der Waals surface area contributed by atoms with E-state index in [9.17, 15) is 0 Å². The number of hydrogen-bond donors (Lipinski definition) is 0. The van der Waals surface area contributed by atoms with Crippen molar-refractivity contribution in [1.82, 2.24) is 14.9 Å². The first-order valence-electron chi connectivity index (χ1n) is 10.7. The number of ether oxygens (including phenoxy) is 1. The molecule has 0 aliphatic carbocycles. The minimum absolute atomic E-state index is 0.179. The molecule has 0 amide bonds. The van der Waals surface area contributed by atoms with E-state index in [2.05, 4.69) is 39.0 Å². The van der Waals surface area contributed by atoms with Gasteiger partial charge in [0.15, 0.2) is 8.32 Å². The van der Waals surface area contributed by atoms with Crippen molar-refractivity contribution in [1.29, 1.82) is 0 Å². The smallest absolute Gasteiger partial charge is 0.191 e. The molecule has 0 bridgehead atoms. The molecular weight excluding hydrogens is 406 g/mol. The standard InChI is InChI=1S/C24H35N3O3Si/c1-16-21(17(2)30-26-16)22-20(14-15-29-31(8,9)24(3,4)5)27(6)25-23(22)18-10-12-19(28-7)13-11-18/h10-13H,14-15H2,1-9H3. The summed E-state index contributed by atoms with van der Waals surface area (Å²) in [5.74, 6) is 1.62. The van der Waals surface area contributed by atoms with Gasteiger partial charge < -0.3 is 13.7 Å². The molecule has 0 N–H and O–H groups in total.